The normalized spacial score (nSPS) is 17.6. The summed E-state index contributed by atoms with van der Waals surface area (Å²) >= 11 is 0. The van der Waals surface area contributed by atoms with Crippen LogP contribution in [0.3, 0.4) is 0 Å². The third kappa shape index (κ3) is 3.40. The number of piperidine rings is 1. The third-order valence-electron chi connectivity index (χ3n) is 4.37. The molecule has 5 nitrogen and oxygen atoms in total. The van der Waals surface area contributed by atoms with Crippen LogP contribution in [-0.4, -0.2) is 35.1 Å². The molecule has 2 aromatic rings. The summed E-state index contributed by atoms with van der Waals surface area (Å²) in [6, 6.07) is 10.2. The molecule has 0 amide bonds. The van der Waals surface area contributed by atoms with Gasteiger partial charge in [0.2, 0.25) is 0 Å². The highest BCUT2D eigenvalue weighted by Gasteiger charge is 2.26. The largest absolute Gasteiger partial charge is 0.462 e. The van der Waals surface area contributed by atoms with Gasteiger partial charge in [-0.25, -0.2) is 14.8 Å². The topological polar surface area (TPSA) is 55.3 Å². The Labute approximate surface area is 142 Å². The second-order valence-corrected chi connectivity index (χ2v) is 6.06. The monoisotopic (exact) mass is 325 g/mol. The first-order valence-corrected chi connectivity index (χ1v) is 8.57. The van der Waals surface area contributed by atoms with E-state index in [1.807, 2.05) is 30.3 Å². The Kier molecular flexibility index (Phi) is 5.08. The van der Waals surface area contributed by atoms with Crippen LogP contribution in [0.1, 0.15) is 43.5 Å². The number of esters is 1. The average molecular weight is 325 g/mol. The minimum Gasteiger partial charge on any atom is -0.462 e. The Balaban J connectivity index is 2.05. The van der Waals surface area contributed by atoms with Crippen LogP contribution in [0.2, 0.25) is 0 Å². The molecule has 0 saturated carbocycles. The minimum atomic E-state index is -0.357. The second-order valence-electron chi connectivity index (χ2n) is 6.06. The summed E-state index contributed by atoms with van der Waals surface area (Å²) in [5, 5.41) is 0. The van der Waals surface area contributed by atoms with E-state index in [0.717, 1.165) is 24.9 Å². The number of rotatable bonds is 4. The highest BCUT2D eigenvalue weighted by Crippen LogP contribution is 2.28. The first kappa shape index (κ1) is 16.4. The van der Waals surface area contributed by atoms with Gasteiger partial charge in [0.15, 0.2) is 5.82 Å². The van der Waals surface area contributed by atoms with Crippen molar-refractivity contribution in [2.24, 2.45) is 0 Å². The number of anilines is 1. The minimum absolute atomic E-state index is 0.342. The molecule has 1 aromatic heterocycles. The lowest BCUT2D eigenvalue weighted by atomic mass is 10.0. The summed E-state index contributed by atoms with van der Waals surface area (Å²) in [4.78, 5) is 23.7. The number of carbonyl (C=O) groups is 1. The van der Waals surface area contributed by atoms with Crippen LogP contribution in [0.5, 0.6) is 0 Å². The summed E-state index contributed by atoms with van der Waals surface area (Å²) in [6.45, 7) is 5.23. The maximum absolute atomic E-state index is 12.3. The van der Waals surface area contributed by atoms with Crippen molar-refractivity contribution in [3.8, 4) is 11.4 Å². The summed E-state index contributed by atoms with van der Waals surface area (Å²) in [5.74, 6) is 0.968. The predicted molar refractivity (Wildman–Crippen MR) is 94.1 cm³/mol. The second kappa shape index (κ2) is 7.43. The van der Waals surface area contributed by atoms with Crippen molar-refractivity contribution < 1.29 is 9.53 Å². The molecule has 1 aliphatic rings. The highest BCUT2D eigenvalue weighted by molar-refractivity contribution is 5.95. The van der Waals surface area contributed by atoms with Gasteiger partial charge in [-0.3, -0.25) is 0 Å². The molecule has 2 heterocycles. The van der Waals surface area contributed by atoms with E-state index >= 15 is 0 Å². The third-order valence-corrected chi connectivity index (χ3v) is 4.37. The van der Waals surface area contributed by atoms with Crippen molar-refractivity contribution in [2.45, 2.75) is 39.2 Å². The van der Waals surface area contributed by atoms with E-state index in [-0.39, 0.29) is 5.97 Å². The fourth-order valence-corrected chi connectivity index (χ4v) is 3.08. The molecule has 3 rings (SSSR count). The molecule has 0 spiro atoms. The molecular weight excluding hydrogens is 302 g/mol. The Morgan fingerprint density at radius 1 is 1.29 bits per heavy atom. The smallest absolute Gasteiger partial charge is 0.343 e. The SMILES string of the molecule is CCOC(=O)c1cnc(-c2ccccc2)nc1N1CCCCC1C. The molecule has 0 radical (unpaired) electrons. The maximum Gasteiger partial charge on any atom is 0.343 e. The number of hydrogen-bond acceptors (Lipinski definition) is 5. The fourth-order valence-electron chi connectivity index (χ4n) is 3.08. The van der Waals surface area contributed by atoms with E-state index in [1.54, 1.807) is 13.1 Å². The molecule has 126 valence electrons. The molecule has 24 heavy (non-hydrogen) atoms. The van der Waals surface area contributed by atoms with Gasteiger partial charge < -0.3 is 9.64 Å². The molecule has 1 aliphatic heterocycles. The number of aromatic nitrogens is 2. The van der Waals surface area contributed by atoms with Crippen LogP contribution in [0.15, 0.2) is 36.5 Å². The standard InChI is InChI=1S/C19H23N3O2/c1-3-24-19(23)16-13-20-17(15-10-5-4-6-11-15)21-18(16)22-12-8-7-9-14(22)2/h4-6,10-11,13-14H,3,7-9,12H2,1-2H3. The van der Waals surface area contributed by atoms with Crippen LogP contribution in [0.25, 0.3) is 11.4 Å². The molecule has 0 N–H and O–H groups in total. The van der Waals surface area contributed by atoms with Gasteiger partial charge in [-0.1, -0.05) is 30.3 Å². The van der Waals surface area contributed by atoms with Crippen molar-refractivity contribution in [3.63, 3.8) is 0 Å². The molecule has 1 atom stereocenters. The first-order valence-electron chi connectivity index (χ1n) is 8.57. The summed E-state index contributed by atoms with van der Waals surface area (Å²) < 4.78 is 5.19. The zero-order valence-electron chi connectivity index (χ0n) is 14.2. The summed E-state index contributed by atoms with van der Waals surface area (Å²) in [6.07, 6.45) is 5.03. The number of nitrogens with zero attached hydrogens (tertiary/aromatic N) is 3. The number of carbonyl (C=O) groups excluding carboxylic acids is 1. The zero-order chi connectivity index (χ0) is 16.9. The van der Waals surface area contributed by atoms with Gasteiger partial charge in [0.25, 0.3) is 0 Å². The van der Waals surface area contributed by atoms with E-state index in [1.165, 1.54) is 6.42 Å². The lowest BCUT2D eigenvalue weighted by molar-refractivity contribution is 0.0526. The maximum atomic E-state index is 12.3. The van der Waals surface area contributed by atoms with Crippen molar-refractivity contribution in [1.29, 1.82) is 0 Å². The van der Waals surface area contributed by atoms with Crippen LogP contribution in [0, 0.1) is 0 Å². The Hall–Kier alpha value is -2.43. The van der Waals surface area contributed by atoms with Crippen molar-refractivity contribution in [1.82, 2.24) is 9.97 Å². The van der Waals surface area contributed by atoms with Gasteiger partial charge in [0, 0.05) is 24.3 Å². The molecular formula is C19H23N3O2. The number of ether oxygens (including phenoxy) is 1. The van der Waals surface area contributed by atoms with Crippen LogP contribution in [-0.2, 0) is 4.74 Å². The van der Waals surface area contributed by atoms with E-state index in [2.05, 4.69) is 16.8 Å². The van der Waals surface area contributed by atoms with E-state index in [9.17, 15) is 4.79 Å². The van der Waals surface area contributed by atoms with Crippen LogP contribution in [0.4, 0.5) is 5.82 Å². The van der Waals surface area contributed by atoms with E-state index < -0.39 is 0 Å². The van der Waals surface area contributed by atoms with Gasteiger partial charge >= 0.3 is 5.97 Å². The molecule has 1 aromatic carbocycles. The average Bonchev–Trinajstić information content (AvgIpc) is 2.62. The molecule has 0 bridgehead atoms. The summed E-state index contributed by atoms with van der Waals surface area (Å²) in [7, 11) is 0. The van der Waals surface area contributed by atoms with Gasteiger partial charge in [-0.15, -0.1) is 0 Å². The van der Waals surface area contributed by atoms with E-state index in [4.69, 9.17) is 9.72 Å². The lowest BCUT2D eigenvalue weighted by Crippen LogP contribution is -2.39. The van der Waals surface area contributed by atoms with Gasteiger partial charge in [-0.2, -0.15) is 0 Å². The molecule has 1 saturated heterocycles. The Morgan fingerprint density at radius 3 is 2.79 bits per heavy atom. The highest BCUT2D eigenvalue weighted by atomic mass is 16.5. The molecule has 1 fully saturated rings. The number of hydrogen-bond donors (Lipinski definition) is 0. The molecule has 5 heteroatoms. The summed E-state index contributed by atoms with van der Waals surface area (Å²) in [5.41, 5.74) is 1.39. The zero-order valence-corrected chi connectivity index (χ0v) is 14.2. The van der Waals surface area contributed by atoms with Crippen LogP contribution >= 0.6 is 0 Å². The predicted octanol–water partition coefficient (Wildman–Crippen LogP) is 3.70. The van der Waals surface area contributed by atoms with Crippen molar-refractivity contribution in [3.05, 3.63) is 42.1 Å². The fraction of sp³-hybridized carbons (Fsp3) is 0.421. The van der Waals surface area contributed by atoms with Gasteiger partial charge in [-0.05, 0) is 33.1 Å². The Bertz CT molecular complexity index is 703. The van der Waals surface area contributed by atoms with Crippen LogP contribution < -0.4 is 4.90 Å². The molecule has 0 aliphatic carbocycles. The quantitative estimate of drug-likeness (QED) is 0.802. The van der Waals surface area contributed by atoms with Crippen molar-refractivity contribution in [2.75, 3.05) is 18.1 Å². The van der Waals surface area contributed by atoms with E-state index in [0.29, 0.717) is 29.9 Å². The Morgan fingerprint density at radius 2 is 2.08 bits per heavy atom. The lowest BCUT2D eigenvalue weighted by Gasteiger charge is -2.35. The van der Waals surface area contributed by atoms with Crippen molar-refractivity contribution >= 4 is 11.8 Å². The van der Waals surface area contributed by atoms with Gasteiger partial charge in [0.05, 0.1) is 6.61 Å². The van der Waals surface area contributed by atoms with Gasteiger partial charge in [0.1, 0.15) is 11.4 Å². The number of benzene rings is 1. The first-order chi connectivity index (χ1) is 11.7. The molecule has 1 unspecified atom stereocenters.